The first-order valence-electron chi connectivity index (χ1n) is 16.1. The Labute approximate surface area is 244 Å². The minimum absolute atomic E-state index is 0.0789. The van der Waals surface area contributed by atoms with Gasteiger partial charge in [-0.05, 0) is 19.3 Å². The molecule has 6 nitrogen and oxygen atoms in total. The number of ether oxygens (including phenoxy) is 2. The molecule has 7 heteroatoms. The summed E-state index contributed by atoms with van der Waals surface area (Å²) in [5.41, 5.74) is 0. The standard InChI is InChI=1S/C32H60O6S/c1-3-4-5-6-7-8-9-10-12-16-19-22-25-32(36)38-30(27-33)28-37-31(35)24-21-18-15-13-11-14-17-20-23-26-39-29(2)34/h30,33H,3-28H2,1-2H3/t30-/m0/s1. The summed E-state index contributed by atoms with van der Waals surface area (Å²) in [6, 6.07) is 0. The Hall–Kier alpha value is -1.08. The molecule has 0 aliphatic rings. The number of carbonyl (C=O) groups is 3. The third kappa shape index (κ3) is 29.7. The van der Waals surface area contributed by atoms with Crippen LogP contribution in [0.5, 0.6) is 0 Å². The summed E-state index contributed by atoms with van der Waals surface area (Å²) < 4.78 is 10.5. The normalized spacial score (nSPS) is 11.9. The molecule has 230 valence electrons. The van der Waals surface area contributed by atoms with Crippen LogP contribution in [0.25, 0.3) is 0 Å². The summed E-state index contributed by atoms with van der Waals surface area (Å²) in [6.45, 7) is 3.45. The van der Waals surface area contributed by atoms with E-state index in [0.29, 0.717) is 12.8 Å². The van der Waals surface area contributed by atoms with E-state index in [1.54, 1.807) is 6.92 Å². The summed E-state index contributed by atoms with van der Waals surface area (Å²) in [4.78, 5) is 34.9. The number of rotatable bonds is 29. The number of hydrogen-bond donors (Lipinski definition) is 1. The second-order valence-electron chi connectivity index (χ2n) is 10.9. The lowest BCUT2D eigenvalue weighted by atomic mass is 10.0. The van der Waals surface area contributed by atoms with E-state index in [4.69, 9.17) is 9.47 Å². The number of hydrogen-bond acceptors (Lipinski definition) is 7. The van der Waals surface area contributed by atoms with E-state index in [1.165, 1.54) is 102 Å². The van der Waals surface area contributed by atoms with Crippen molar-refractivity contribution in [3.63, 3.8) is 0 Å². The van der Waals surface area contributed by atoms with Crippen LogP contribution in [0.3, 0.4) is 0 Å². The predicted molar refractivity (Wildman–Crippen MR) is 163 cm³/mol. The first-order valence-corrected chi connectivity index (χ1v) is 17.1. The Morgan fingerprint density at radius 3 is 1.46 bits per heavy atom. The van der Waals surface area contributed by atoms with Crippen molar-refractivity contribution in [2.24, 2.45) is 0 Å². The molecule has 0 rings (SSSR count). The van der Waals surface area contributed by atoms with E-state index in [1.807, 2.05) is 0 Å². The monoisotopic (exact) mass is 572 g/mol. The summed E-state index contributed by atoms with van der Waals surface area (Å²) in [5, 5.41) is 9.68. The van der Waals surface area contributed by atoms with Crippen molar-refractivity contribution in [2.45, 2.75) is 168 Å². The summed E-state index contributed by atoms with van der Waals surface area (Å²) in [5.74, 6) is 0.313. The van der Waals surface area contributed by atoms with Gasteiger partial charge in [-0.3, -0.25) is 14.4 Å². The van der Waals surface area contributed by atoms with Crippen molar-refractivity contribution in [2.75, 3.05) is 19.0 Å². The number of aliphatic hydroxyl groups excluding tert-OH is 1. The van der Waals surface area contributed by atoms with Crippen molar-refractivity contribution in [1.82, 2.24) is 0 Å². The predicted octanol–water partition coefficient (Wildman–Crippen LogP) is 8.71. The molecule has 0 heterocycles. The minimum atomic E-state index is -0.778. The summed E-state index contributed by atoms with van der Waals surface area (Å²) in [7, 11) is 0. The van der Waals surface area contributed by atoms with Gasteiger partial charge >= 0.3 is 11.9 Å². The number of carbonyl (C=O) groups excluding carboxylic acids is 3. The highest BCUT2D eigenvalue weighted by atomic mass is 32.2. The van der Waals surface area contributed by atoms with Gasteiger partial charge in [-0.25, -0.2) is 0 Å². The molecular formula is C32H60O6S. The Morgan fingerprint density at radius 2 is 1.03 bits per heavy atom. The van der Waals surface area contributed by atoms with Gasteiger partial charge in [0.2, 0.25) is 0 Å². The quantitative estimate of drug-likeness (QED) is 0.0708. The molecule has 0 saturated carbocycles. The number of aliphatic hydroxyl groups is 1. The molecule has 0 aliphatic carbocycles. The average Bonchev–Trinajstić information content (AvgIpc) is 2.92. The Balaban J connectivity index is 3.55. The fourth-order valence-electron chi connectivity index (χ4n) is 4.56. The molecule has 1 N–H and O–H groups in total. The fourth-order valence-corrected chi connectivity index (χ4v) is 5.20. The van der Waals surface area contributed by atoms with Crippen LogP contribution in [0.4, 0.5) is 0 Å². The zero-order valence-electron chi connectivity index (χ0n) is 25.4. The Morgan fingerprint density at radius 1 is 0.615 bits per heavy atom. The molecule has 1 atom stereocenters. The van der Waals surface area contributed by atoms with Gasteiger partial charge < -0.3 is 14.6 Å². The summed E-state index contributed by atoms with van der Waals surface area (Å²) in [6.07, 6.45) is 24.9. The van der Waals surface area contributed by atoms with Crippen LogP contribution in [0.1, 0.15) is 162 Å². The zero-order valence-corrected chi connectivity index (χ0v) is 26.2. The zero-order chi connectivity index (χ0) is 28.8. The van der Waals surface area contributed by atoms with Crippen LogP contribution < -0.4 is 0 Å². The van der Waals surface area contributed by atoms with E-state index in [-0.39, 0.29) is 30.3 Å². The molecule has 0 amide bonds. The van der Waals surface area contributed by atoms with Crippen molar-refractivity contribution < 1.29 is 29.0 Å². The van der Waals surface area contributed by atoms with E-state index in [0.717, 1.165) is 50.7 Å². The molecule has 0 radical (unpaired) electrons. The number of esters is 2. The molecule has 0 aromatic rings. The van der Waals surface area contributed by atoms with Gasteiger partial charge in [0.15, 0.2) is 11.2 Å². The number of thioether (sulfide) groups is 1. The third-order valence-corrected chi connectivity index (χ3v) is 7.90. The Kier molecular flexibility index (Phi) is 29.1. The van der Waals surface area contributed by atoms with Gasteiger partial charge in [-0.2, -0.15) is 0 Å². The Bertz CT molecular complexity index is 583. The molecule has 0 aliphatic heterocycles. The highest BCUT2D eigenvalue weighted by Gasteiger charge is 2.16. The van der Waals surface area contributed by atoms with Crippen LogP contribution in [-0.2, 0) is 23.9 Å². The smallest absolute Gasteiger partial charge is 0.306 e. The van der Waals surface area contributed by atoms with Gasteiger partial charge in [0.1, 0.15) is 6.61 Å². The first-order chi connectivity index (χ1) is 19.0. The molecular weight excluding hydrogens is 512 g/mol. The molecule has 0 unspecified atom stereocenters. The molecule has 0 fully saturated rings. The van der Waals surface area contributed by atoms with Gasteiger partial charge in [0, 0.05) is 25.5 Å². The summed E-state index contributed by atoms with van der Waals surface area (Å²) >= 11 is 1.42. The van der Waals surface area contributed by atoms with Gasteiger partial charge in [-0.15, -0.1) is 0 Å². The topological polar surface area (TPSA) is 89.9 Å². The maximum atomic E-state index is 12.1. The second kappa shape index (κ2) is 29.9. The van der Waals surface area contributed by atoms with Crippen molar-refractivity contribution in [1.29, 1.82) is 0 Å². The largest absolute Gasteiger partial charge is 0.462 e. The maximum absolute atomic E-state index is 12.1. The van der Waals surface area contributed by atoms with Crippen LogP contribution in [0.15, 0.2) is 0 Å². The van der Waals surface area contributed by atoms with Crippen LogP contribution in [0, 0.1) is 0 Å². The van der Waals surface area contributed by atoms with Gasteiger partial charge in [0.05, 0.1) is 6.61 Å². The minimum Gasteiger partial charge on any atom is -0.462 e. The van der Waals surface area contributed by atoms with Crippen molar-refractivity contribution >= 4 is 28.8 Å². The maximum Gasteiger partial charge on any atom is 0.306 e. The van der Waals surface area contributed by atoms with Crippen molar-refractivity contribution in [3.05, 3.63) is 0 Å². The van der Waals surface area contributed by atoms with E-state index in [2.05, 4.69) is 6.92 Å². The lowest BCUT2D eigenvalue weighted by Gasteiger charge is -2.15. The van der Waals surface area contributed by atoms with Crippen LogP contribution >= 0.6 is 11.8 Å². The number of unbranched alkanes of at least 4 members (excludes halogenated alkanes) is 19. The molecule has 39 heavy (non-hydrogen) atoms. The highest BCUT2D eigenvalue weighted by molar-refractivity contribution is 8.13. The SMILES string of the molecule is CCCCCCCCCCCCCCC(=O)O[C@@H](CO)COC(=O)CCCCCCCCCCCSC(C)=O. The van der Waals surface area contributed by atoms with E-state index >= 15 is 0 Å². The van der Waals surface area contributed by atoms with E-state index < -0.39 is 6.10 Å². The molecule has 0 aromatic carbocycles. The average molecular weight is 573 g/mol. The molecule has 0 saturated heterocycles. The second-order valence-corrected chi connectivity index (χ2v) is 12.2. The lowest BCUT2D eigenvalue weighted by molar-refractivity contribution is -0.161. The van der Waals surface area contributed by atoms with E-state index in [9.17, 15) is 19.5 Å². The van der Waals surface area contributed by atoms with Crippen LogP contribution in [0.2, 0.25) is 0 Å². The molecule has 0 bridgehead atoms. The third-order valence-electron chi connectivity index (χ3n) is 7.00. The highest BCUT2D eigenvalue weighted by Crippen LogP contribution is 2.14. The van der Waals surface area contributed by atoms with Crippen LogP contribution in [-0.4, -0.2) is 47.2 Å². The van der Waals surface area contributed by atoms with Crippen molar-refractivity contribution in [3.8, 4) is 0 Å². The lowest BCUT2D eigenvalue weighted by Crippen LogP contribution is -2.28. The molecule has 0 aromatic heterocycles. The first kappa shape index (κ1) is 37.9. The fraction of sp³-hybridized carbons (Fsp3) is 0.906. The van der Waals surface area contributed by atoms with Gasteiger partial charge in [0.25, 0.3) is 0 Å². The van der Waals surface area contributed by atoms with Gasteiger partial charge in [-0.1, -0.05) is 134 Å². The molecule has 0 spiro atoms.